The summed E-state index contributed by atoms with van der Waals surface area (Å²) in [5, 5.41) is 3.60. The molecule has 0 radical (unpaired) electrons. The van der Waals surface area contributed by atoms with Crippen LogP contribution in [0.3, 0.4) is 0 Å². The van der Waals surface area contributed by atoms with Gasteiger partial charge in [0.05, 0.1) is 12.7 Å². The lowest BCUT2D eigenvalue weighted by atomic mass is 10.1. The third-order valence-corrected chi connectivity index (χ3v) is 5.97. The van der Waals surface area contributed by atoms with Crippen molar-refractivity contribution in [2.75, 3.05) is 20.3 Å². The minimum atomic E-state index is -0.634. The van der Waals surface area contributed by atoms with Gasteiger partial charge < -0.3 is 19.5 Å². The standard InChI is InChI=1S/C28H27ClN2O5/c1-34-26(32)15-12-20-6-2-4-8-24(20)36-25-9-5-3-7-22(25)28-31-23(18-35-28)27(33)30-17-16-19-10-13-21(29)14-11-19/h2-11,13-14,23H,12,15-18H2,1H3,(H,30,33). The molecule has 36 heavy (non-hydrogen) atoms. The van der Waals surface area contributed by atoms with E-state index in [0.717, 1.165) is 11.1 Å². The zero-order chi connectivity index (χ0) is 25.3. The van der Waals surface area contributed by atoms with E-state index in [-0.39, 0.29) is 24.9 Å². The molecule has 1 unspecified atom stereocenters. The van der Waals surface area contributed by atoms with E-state index in [1.165, 1.54) is 7.11 Å². The number of aryl methyl sites for hydroxylation is 1. The number of methoxy groups -OCH3 is 1. The minimum Gasteiger partial charge on any atom is -0.475 e. The van der Waals surface area contributed by atoms with Crippen LogP contribution in [0.1, 0.15) is 23.1 Å². The Hall–Kier alpha value is -3.84. The zero-order valence-corrected chi connectivity index (χ0v) is 20.7. The molecule has 8 heteroatoms. The third kappa shape index (κ3) is 6.64. The molecule has 7 nitrogen and oxygen atoms in total. The Morgan fingerprint density at radius 3 is 2.50 bits per heavy atom. The van der Waals surface area contributed by atoms with Gasteiger partial charge in [0.15, 0.2) is 6.04 Å². The Labute approximate surface area is 215 Å². The first-order chi connectivity index (χ1) is 17.5. The molecule has 1 aliphatic rings. The molecular weight excluding hydrogens is 480 g/mol. The number of aliphatic imine (C=N–C) groups is 1. The second kappa shape index (κ2) is 12.2. The van der Waals surface area contributed by atoms with E-state index in [1.807, 2.05) is 72.8 Å². The number of hydrogen-bond acceptors (Lipinski definition) is 6. The molecule has 0 saturated carbocycles. The van der Waals surface area contributed by atoms with Crippen LogP contribution in [-0.4, -0.2) is 44.1 Å². The maximum Gasteiger partial charge on any atom is 0.305 e. The van der Waals surface area contributed by atoms with Crippen LogP contribution in [0.5, 0.6) is 11.5 Å². The van der Waals surface area contributed by atoms with Crippen LogP contribution < -0.4 is 10.1 Å². The molecule has 3 aromatic rings. The van der Waals surface area contributed by atoms with Gasteiger partial charge in [0.2, 0.25) is 11.8 Å². The van der Waals surface area contributed by atoms with Gasteiger partial charge in [0.1, 0.15) is 18.1 Å². The molecule has 1 aliphatic heterocycles. The number of esters is 1. The highest BCUT2D eigenvalue weighted by Gasteiger charge is 2.28. The Morgan fingerprint density at radius 1 is 1.00 bits per heavy atom. The van der Waals surface area contributed by atoms with Crippen molar-refractivity contribution < 1.29 is 23.8 Å². The van der Waals surface area contributed by atoms with Crippen molar-refractivity contribution in [2.45, 2.75) is 25.3 Å². The number of benzene rings is 3. The largest absolute Gasteiger partial charge is 0.475 e. The van der Waals surface area contributed by atoms with Gasteiger partial charge in [-0.05, 0) is 54.3 Å². The molecule has 1 heterocycles. The molecule has 0 bridgehead atoms. The first-order valence-corrected chi connectivity index (χ1v) is 12.1. The van der Waals surface area contributed by atoms with Crippen LogP contribution in [0.4, 0.5) is 0 Å². The second-order valence-corrected chi connectivity index (χ2v) is 8.65. The quantitative estimate of drug-likeness (QED) is 0.401. The van der Waals surface area contributed by atoms with Crippen molar-refractivity contribution in [3.05, 3.63) is 94.5 Å². The maximum absolute atomic E-state index is 12.7. The van der Waals surface area contributed by atoms with Gasteiger partial charge >= 0.3 is 5.97 Å². The van der Waals surface area contributed by atoms with Crippen LogP contribution >= 0.6 is 11.6 Å². The molecule has 4 rings (SSSR count). The second-order valence-electron chi connectivity index (χ2n) is 8.21. The first-order valence-electron chi connectivity index (χ1n) is 11.7. The van der Waals surface area contributed by atoms with Gasteiger partial charge in [-0.2, -0.15) is 0 Å². The van der Waals surface area contributed by atoms with Gasteiger partial charge in [-0.25, -0.2) is 4.99 Å². The molecule has 0 aliphatic carbocycles. The predicted molar refractivity (Wildman–Crippen MR) is 138 cm³/mol. The summed E-state index contributed by atoms with van der Waals surface area (Å²) < 4.78 is 16.7. The molecular formula is C28H27ClN2O5. The molecule has 1 amide bonds. The van der Waals surface area contributed by atoms with Gasteiger partial charge in [0, 0.05) is 18.0 Å². The lowest BCUT2D eigenvalue weighted by Crippen LogP contribution is -2.35. The fourth-order valence-corrected chi connectivity index (χ4v) is 3.88. The van der Waals surface area contributed by atoms with Gasteiger partial charge in [-0.3, -0.25) is 9.59 Å². The molecule has 3 aromatic carbocycles. The minimum absolute atomic E-state index is 0.159. The molecule has 186 valence electrons. The van der Waals surface area contributed by atoms with Crippen molar-refractivity contribution in [3.63, 3.8) is 0 Å². The number of para-hydroxylation sites is 2. The van der Waals surface area contributed by atoms with E-state index >= 15 is 0 Å². The number of hydrogen-bond donors (Lipinski definition) is 1. The summed E-state index contributed by atoms with van der Waals surface area (Å²) in [7, 11) is 1.37. The van der Waals surface area contributed by atoms with Crippen LogP contribution in [-0.2, 0) is 31.9 Å². The summed E-state index contributed by atoms with van der Waals surface area (Å²) >= 11 is 5.92. The summed E-state index contributed by atoms with van der Waals surface area (Å²) in [6, 6.07) is 21.8. The summed E-state index contributed by atoms with van der Waals surface area (Å²) in [6.07, 6.45) is 1.43. The third-order valence-electron chi connectivity index (χ3n) is 5.72. The molecule has 0 saturated heterocycles. The van der Waals surface area contributed by atoms with Gasteiger partial charge in [-0.15, -0.1) is 0 Å². The fraction of sp³-hybridized carbons (Fsp3) is 0.250. The van der Waals surface area contributed by atoms with Gasteiger partial charge in [0.25, 0.3) is 0 Å². The molecule has 0 fully saturated rings. The Bertz CT molecular complexity index is 1240. The smallest absolute Gasteiger partial charge is 0.305 e. The fourth-order valence-electron chi connectivity index (χ4n) is 3.75. The lowest BCUT2D eigenvalue weighted by molar-refractivity contribution is -0.140. The highest BCUT2D eigenvalue weighted by Crippen LogP contribution is 2.30. The summed E-state index contributed by atoms with van der Waals surface area (Å²) in [4.78, 5) is 28.8. The summed E-state index contributed by atoms with van der Waals surface area (Å²) in [5.74, 6) is 1.06. The average molecular weight is 507 g/mol. The maximum atomic E-state index is 12.7. The Balaban J connectivity index is 1.41. The van der Waals surface area contributed by atoms with E-state index in [9.17, 15) is 9.59 Å². The summed E-state index contributed by atoms with van der Waals surface area (Å²) in [6.45, 7) is 0.649. The zero-order valence-electron chi connectivity index (χ0n) is 19.9. The number of ether oxygens (including phenoxy) is 3. The van der Waals surface area contributed by atoms with E-state index in [4.69, 9.17) is 25.8 Å². The number of nitrogens with one attached hydrogen (secondary N) is 1. The van der Waals surface area contributed by atoms with Crippen molar-refractivity contribution in [3.8, 4) is 11.5 Å². The lowest BCUT2D eigenvalue weighted by Gasteiger charge is -2.14. The highest BCUT2D eigenvalue weighted by molar-refractivity contribution is 6.30. The molecule has 1 atom stereocenters. The van der Waals surface area contributed by atoms with Crippen molar-refractivity contribution in [1.29, 1.82) is 0 Å². The average Bonchev–Trinajstić information content (AvgIpc) is 3.40. The van der Waals surface area contributed by atoms with Crippen molar-refractivity contribution in [2.24, 2.45) is 4.99 Å². The normalized spacial score (nSPS) is 14.5. The summed E-state index contributed by atoms with van der Waals surface area (Å²) in [5.41, 5.74) is 2.62. The topological polar surface area (TPSA) is 86.2 Å². The molecule has 1 N–H and O–H groups in total. The monoisotopic (exact) mass is 506 g/mol. The predicted octanol–water partition coefficient (Wildman–Crippen LogP) is 4.74. The Morgan fingerprint density at radius 2 is 1.72 bits per heavy atom. The highest BCUT2D eigenvalue weighted by atomic mass is 35.5. The van der Waals surface area contributed by atoms with E-state index in [1.54, 1.807) is 0 Å². The number of nitrogens with zero attached hydrogens (tertiary/aromatic N) is 1. The van der Waals surface area contributed by atoms with Crippen molar-refractivity contribution in [1.82, 2.24) is 5.32 Å². The number of carbonyl (C=O) groups is 2. The number of halogens is 1. The SMILES string of the molecule is COC(=O)CCc1ccccc1Oc1ccccc1C1=NC(C(=O)NCCc2ccc(Cl)cc2)CO1. The van der Waals surface area contributed by atoms with Crippen LogP contribution in [0.25, 0.3) is 0 Å². The Kier molecular flexibility index (Phi) is 8.57. The van der Waals surface area contributed by atoms with E-state index < -0.39 is 6.04 Å². The number of rotatable bonds is 10. The van der Waals surface area contributed by atoms with Crippen LogP contribution in [0.15, 0.2) is 77.8 Å². The number of carbonyl (C=O) groups excluding carboxylic acids is 2. The van der Waals surface area contributed by atoms with E-state index in [2.05, 4.69) is 10.3 Å². The molecule has 0 spiro atoms. The van der Waals surface area contributed by atoms with E-state index in [0.29, 0.717) is 47.4 Å². The van der Waals surface area contributed by atoms with Gasteiger partial charge in [-0.1, -0.05) is 54.1 Å². The molecule has 0 aromatic heterocycles. The number of amides is 1. The van der Waals surface area contributed by atoms with Crippen molar-refractivity contribution >= 4 is 29.4 Å². The van der Waals surface area contributed by atoms with Crippen LogP contribution in [0.2, 0.25) is 5.02 Å². The van der Waals surface area contributed by atoms with Crippen LogP contribution in [0, 0.1) is 0 Å². The first kappa shape index (κ1) is 25.3.